The minimum atomic E-state index is -0.0800. The summed E-state index contributed by atoms with van der Waals surface area (Å²) in [5.74, 6) is -0.0800. The number of unbranched alkanes of at least 4 members (excludes halogenated alkanes) is 2. The maximum atomic E-state index is 10.8. The lowest BCUT2D eigenvalue weighted by molar-refractivity contribution is -0.116. The highest BCUT2D eigenvalue weighted by Gasteiger charge is 1.98. The predicted molar refractivity (Wildman–Crippen MR) is 64.8 cm³/mol. The zero-order chi connectivity index (χ0) is 11.5. The molecule has 3 nitrogen and oxygen atoms in total. The van der Waals surface area contributed by atoms with Gasteiger partial charge in [0.25, 0.3) is 0 Å². The molecule has 3 heteroatoms. The van der Waals surface area contributed by atoms with Crippen molar-refractivity contribution in [2.75, 3.05) is 26.7 Å². The molecule has 0 radical (unpaired) electrons. The zero-order valence-corrected chi connectivity index (χ0v) is 10.1. The molecule has 88 valence electrons. The summed E-state index contributed by atoms with van der Waals surface area (Å²) in [6.45, 7) is 8.55. The molecular weight excluding hydrogens is 188 g/mol. The molecule has 0 aromatic carbocycles. The fraction of sp³-hybridized carbons (Fsp3) is 0.750. The summed E-state index contributed by atoms with van der Waals surface area (Å²) in [4.78, 5) is 13.1. The second-order valence-corrected chi connectivity index (χ2v) is 3.86. The van der Waals surface area contributed by atoms with E-state index < -0.39 is 0 Å². The first-order valence-corrected chi connectivity index (χ1v) is 5.79. The van der Waals surface area contributed by atoms with Crippen LogP contribution in [-0.4, -0.2) is 37.5 Å². The van der Waals surface area contributed by atoms with Crippen molar-refractivity contribution in [3.63, 3.8) is 0 Å². The van der Waals surface area contributed by atoms with Gasteiger partial charge in [-0.3, -0.25) is 4.79 Å². The highest BCUT2D eigenvalue weighted by atomic mass is 16.1. The Morgan fingerprint density at radius 2 is 2.00 bits per heavy atom. The maximum absolute atomic E-state index is 10.8. The third kappa shape index (κ3) is 9.47. The average molecular weight is 212 g/mol. The third-order valence-electron chi connectivity index (χ3n) is 2.34. The van der Waals surface area contributed by atoms with Gasteiger partial charge in [0.05, 0.1) is 0 Å². The van der Waals surface area contributed by atoms with Gasteiger partial charge in [-0.25, -0.2) is 0 Å². The summed E-state index contributed by atoms with van der Waals surface area (Å²) in [6.07, 6.45) is 6.15. The largest absolute Gasteiger partial charge is 0.353 e. The predicted octanol–water partition coefficient (Wildman–Crippen LogP) is 1.80. The fourth-order valence-electron chi connectivity index (χ4n) is 1.38. The minimum Gasteiger partial charge on any atom is -0.353 e. The van der Waals surface area contributed by atoms with Crippen molar-refractivity contribution >= 4 is 5.91 Å². The van der Waals surface area contributed by atoms with Gasteiger partial charge in [-0.2, -0.15) is 0 Å². The fourth-order valence-corrected chi connectivity index (χ4v) is 1.38. The van der Waals surface area contributed by atoms with Gasteiger partial charge in [0, 0.05) is 6.54 Å². The molecule has 0 saturated carbocycles. The van der Waals surface area contributed by atoms with Gasteiger partial charge < -0.3 is 10.2 Å². The highest BCUT2D eigenvalue weighted by molar-refractivity contribution is 5.86. The van der Waals surface area contributed by atoms with Crippen molar-refractivity contribution in [2.45, 2.75) is 32.6 Å². The summed E-state index contributed by atoms with van der Waals surface area (Å²) in [5.41, 5.74) is 0. The molecule has 0 bridgehead atoms. The normalized spacial score (nSPS) is 10.3. The van der Waals surface area contributed by atoms with E-state index in [0.29, 0.717) is 0 Å². The van der Waals surface area contributed by atoms with Crippen molar-refractivity contribution in [1.29, 1.82) is 0 Å². The Labute approximate surface area is 93.5 Å². The van der Waals surface area contributed by atoms with E-state index in [4.69, 9.17) is 0 Å². The van der Waals surface area contributed by atoms with Crippen LogP contribution in [0.3, 0.4) is 0 Å². The first kappa shape index (κ1) is 14.2. The quantitative estimate of drug-likeness (QED) is 0.467. The van der Waals surface area contributed by atoms with Crippen LogP contribution in [0.5, 0.6) is 0 Å². The molecule has 0 aliphatic heterocycles. The second-order valence-electron chi connectivity index (χ2n) is 3.86. The summed E-state index contributed by atoms with van der Waals surface area (Å²) in [5, 5.41) is 2.77. The van der Waals surface area contributed by atoms with Crippen LogP contribution < -0.4 is 5.32 Å². The van der Waals surface area contributed by atoms with Crippen molar-refractivity contribution in [1.82, 2.24) is 10.2 Å². The number of hydrogen-bond donors (Lipinski definition) is 1. The summed E-state index contributed by atoms with van der Waals surface area (Å²) in [6, 6.07) is 0. The van der Waals surface area contributed by atoms with Gasteiger partial charge in [-0.15, -0.1) is 0 Å². The Bertz CT molecular complexity index is 180. The zero-order valence-electron chi connectivity index (χ0n) is 10.1. The first-order valence-electron chi connectivity index (χ1n) is 5.79. The third-order valence-corrected chi connectivity index (χ3v) is 2.34. The van der Waals surface area contributed by atoms with Gasteiger partial charge in [0.1, 0.15) is 0 Å². The number of hydrogen-bond acceptors (Lipinski definition) is 2. The molecule has 0 fully saturated rings. The molecule has 15 heavy (non-hydrogen) atoms. The lowest BCUT2D eigenvalue weighted by Crippen LogP contribution is -2.27. The van der Waals surface area contributed by atoms with E-state index in [-0.39, 0.29) is 5.91 Å². The number of nitrogens with zero attached hydrogens (tertiary/aromatic N) is 1. The lowest BCUT2D eigenvalue weighted by Gasteiger charge is -2.16. The Morgan fingerprint density at radius 1 is 1.33 bits per heavy atom. The Kier molecular flexibility index (Phi) is 9.18. The summed E-state index contributed by atoms with van der Waals surface area (Å²) < 4.78 is 0. The van der Waals surface area contributed by atoms with Crippen molar-refractivity contribution in [2.24, 2.45) is 0 Å². The molecule has 0 aromatic heterocycles. The van der Waals surface area contributed by atoms with E-state index >= 15 is 0 Å². The van der Waals surface area contributed by atoms with Crippen molar-refractivity contribution < 1.29 is 4.79 Å². The molecule has 0 unspecified atom stereocenters. The van der Waals surface area contributed by atoms with Crippen LogP contribution >= 0.6 is 0 Å². The van der Waals surface area contributed by atoms with E-state index in [0.717, 1.165) is 26.1 Å². The number of carbonyl (C=O) groups excluding carboxylic acids is 1. The summed E-state index contributed by atoms with van der Waals surface area (Å²) in [7, 11) is 2.13. The van der Waals surface area contributed by atoms with Crippen LogP contribution in [0.2, 0.25) is 0 Å². The van der Waals surface area contributed by atoms with Crippen LogP contribution in [0.1, 0.15) is 32.6 Å². The van der Waals surface area contributed by atoms with Crippen LogP contribution in [0, 0.1) is 0 Å². The van der Waals surface area contributed by atoms with Gasteiger partial charge >= 0.3 is 0 Å². The van der Waals surface area contributed by atoms with E-state index in [9.17, 15) is 4.79 Å². The minimum absolute atomic E-state index is 0.0800. The van der Waals surface area contributed by atoms with E-state index in [1.54, 1.807) is 0 Å². The van der Waals surface area contributed by atoms with Crippen LogP contribution in [0.15, 0.2) is 12.7 Å². The molecular formula is C12H24N2O. The van der Waals surface area contributed by atoms with Crippen molar-refractivity contribution in [3.05, 3.63) is 12.7 Å². The Hall–Kier alpha value is -0.830. The molecule has 1 amide bonds. The standard InChI is InChI=1S/C12H24N2O/c1-4-6-7-10-14(3)11-8-9-13-12(15)5-2/h5H,2,4,6-11H2,1,3H3,(H,13,15). The summed E-state index contributed by atoms with van der Waals surface area (Å²) >= 11 is 0. The van der Waals surface area contributed by atoms with E-state index in [1.807, 2.05) is 0 Å². The van der Waals surface area contributed by atoms with E-state index in [2.05, 4.69) is 30.8 Å². The average Bonchev–Trinajstić information content (AvgIpc) is 2.24. The van der Waals surface area contributed by atoms with Crippen LogP contribution in [0.25, 0.3) is 0 Å². The van der Waals surface area contributed by atoms with Crippen LogP contribution in [0.4, 0.5) is 0 Å². The van der Waals surface area contributed by atoms with Crippen molar-refractivity contribution in [3.8, 4) is 0 Å². The van der Waals surface area contributed by atoms with Gasteiger partial charge in [-0.05, 0) is 39.1 Å². The molecule has 0 saturated heterocycles. The van der Waals surface area contributed by atoms with Gasteiger partial charge in [0.2, 0.25) is 5.91 Å². The molecule has 0 spiro atoms. The highest BCUT2D eigenvalue weighted by Crippen LogP contribution is 1.96. The van der Waals surface area contributed by atoms with Crippen LogP contribution in [-0.2, 0) is 4.79 Å². The van der Waals surface area contributed by atoms with Gasteiger partial charge in [0.15, 0.2) is 0 Å². The first-order chi connectivity index (χ1) is 7.20. The molecule has 1 N–H and O–H groups in total. The molecule has 0 rings (SSSR count). The smallest absolute Gasteiger partial charge is 0.243 e. The molecule has 0 aliphatic rings. The van der Waals surface area contributed by atoms with Gasteiger partial charge in [-0.1, -0.05) is 26.3 Å². The SMILES string of the molecule is C=CC(=O)NCCCN(C)CCCCC. The lowest BCUT2D eigenvalue weighted by atomic mass is 10.2. The molecule has 0 aliphatic carbocycles. The number of carbonyl (C=O) groups is 1. The number of amides is 1. The Balaban J connectivity index is 3.26. The maximum Gasteiger partial charge on any atom is 0.243 e. The second kappa shape index (κ2) is 9.71. The molecule has 0 atom stereocenters. The monoisotopic (exact) mass is 212 g/mol. The number of rotatable bonds is 9. The Morgan fingerprint density at radius 3 is 2.60 bits per heavy atom. The number of nitrogens with one attached hydrogen (secondary N) is 1. The molecule has 0 aromatic rings. The topological polar surface area (TPSA) is 32.3 Å². The molecule has 0 heterocycles. The van der Waals surface area contributed by atoms with E-state index in [1.165, 1.54) is 25.3 Å².